The van der Waals surface area contributed by atoms with Crippen LogP contribution in [-0.4, -0.2) is 40.8 Å². The molecule has 0 heterocycles. The maximum absolute atomic E-state index is 11.5. The highest BCUT2D eigenvalue weighted by molar-refractivity contribution is 14.0. The van der Waals surface area contributed by atoms with Gasteiger partial charge < -0.3 is 15.4 Å². The van der Waals surface area contributed by atoms with E-state index in [9.17, 15) is 8.42 Å². The SMILES string of the molecule is CCCOCc1ccccc1CNC(=NC)NCCc1ccc(S(C)(=O)=O)cc1.I. The van der Waals surface area contributed by atoms with Gasteiger partial charge in [0.15, 0.2) is 15.8 Å². The van der Waals surface area contributed by atoms with Gasteiger partial charge >= 0.3 is 0 Å². The number of halogens is 1. The van der Waals surface area contributed by atoms with Crippen molar-refractivity contribution in [2.45, 2.75) is 37.8 Å². The van der Waals surface area contributed by atoms with Gasteiger partial charge in [0.2, 0.25) is 0 Å². The van der Waals surface area contributed by atoms with Crippen molar-refractivity contribution in [1.29, 1.82) is 0 Å². The summed E-state index contributed by atoms with van der Waals surface area (Å²) in [6.45, 7) is 4.83. The standard InChI is InChI=1S/C22H31N3O3S.HI/c1-4-15-28-17-20-8-6-5-7-19(20)16-25-22(23-2)24-14-13-18-9-11-21(12-10-18)29(3,26)27;/h5-12H,4,13-17H2,1-3H3,(H2,23,24,25);1H. The summed E-state index contributed by atoms with van der Waals surface area (Å²) in [7, 11) is -1.41. The largest absolute Gasteiger partial charge is 0.377 e. The van der Waals surface area contributed by atoms with E-state index in [-0.39, 0.29) is 24.0 Å². The summed E-state index contributed by atoms with van der Waals surface area (Å²) in [5.41, 5.74) is 3.43. The minimum absolute atomic E-state index is 0. The van der Waals surface area contributed by atoms with Crippen LogP contribution in [-0.2, 0) is 34.1 Å². The first kappa shape index (κ1) is 26.4. The normalized spacial score (nSPS) is 11.6. The predicted octanol–water partition coefficient (Wildman–Crippen LogP) is 3.54. The fourth-order valence-corrected chi connectivity index (χ4v) is 3.46. The van der Waals surface area contributed by atoms with Gasteiger partial charge in [-0.05, 0) is 41.7 Å². The van der Waals surface area contributed by atoms with Crippen molar-refractivity contribution in [3.05, 3.63) is 65.2 Å². The zero-order valence-electron chi connectivity index (χ0n) is 17.8. The molecule has 2 rings (SSSR count). The Bertz CT molecular complexity index is 900. The molecule has 0 aliphatic carbocycles. The number of hydrogen-bond donors (Lipinski definition) is 2. The van der Waals surface area contributed by atoms with Crippen LogP contribution in [0.5, 0.6) is 0 Å². The predicted molar refractivity (Wildman–Crippen MR) is 133 cm³/mol. The zero-order chi connectivity index (χ0) is 21.1. The Morgan fingerprint density at radius 3 is 2.30 bits per heavy atom. The molecule has 0 spiro atoms. The van der Waals surface area contributed by atoms with E-state index in [1.165, 1.54) is 17.4 Å². The number of benzene rings is 2. The van der Waals surface area contributed by atoms with Gasteiger partial charge in [0.05, 0.1) is 11.5 Å². The number of hydrogen-bond acceptors (Lipinski definition) is 4. The molecule has 0 saturated carbocycles. The third-order valence-corrected chi connectivity index (χ3v) is 5.58. The van der Waals surface area contributed by atoms with Crippen LogP contribution in [0.1, 0.15) is 30.0 Å². The molecular formula is C22H32IN3O3S. The summed E-state index contributed by atoms with van der Waals surface area (Å²) in [5, 5.41) is 6.63. The number of nitrogens with one attached hydrogen (secondary N) is 2. The second kappa shape index (κ2) is 13.6. The van der Waals surface area contributed by atoms with E-state index in [1.54, 1.807) is 19.2 Å². The average molecular weight is 545 g/mol. The maximum atomic E-state index is 11.5. The smallest absolute Gasteiger partial charge is 0.191 e. The minimum Gasteiger partial charge on any atom is -0.377 e. The summed E-state index contributed by atoms with van der Waals surface area (Å²) in [4.78, 5) is 4.61. The first-order valence-corrected chi connectivity index (χ1v) is 11.7. The summed E-state index contributed by atoms with van der Waals surface area (Å²) in [5.74, 6) is 0.724. The summed E-state index contributed by atoms with van der Waals surface area (Å²) in [6.07, 6.45) is 2.99. The molecule has 2 N–H and O–H groups in total. The quantitative estimate of drug-likeness (QED) is 0.207. The topological polar surface area (TPSA) is 79.8 Å². The van der Waals surface area contributed by atoms with E-state index < -0.39 is 9.84 Å². The lowest BCUT2D eigenvalue weighted by molar-refractivity contribution is 0.121. The third-order valence-electron chi connectivity index (χ3n) is 4.45. The van der Waals surface area contributed by atoms with E-state index in [0.717, 1.165) is 31.0 Å². The summed E-state index contributed by atoms with van der Waals surface area (Å²) in [6, 6.07) is 15.2. The Morgan fingerprint density at radius 1 is 1.03 bits per heavy atom. The minimum atomic E-state index is -3.16. The van der Waals surface area contributed by atoms with Crippen LogP contribution in [0, 0.1) is 0 Å². The molecule has 0 aliphatic rings. The van der Waals surface area contributed by atoms with Crippen molar-refractivity contribution in [3.63, 3.8) is 0 Å². The Hall–Kier alpha value is -1.65. The fourth-order valence-electron chi connectivity index (χ4n) is 2.83. The van der Waals surface area contributed by atoms with Gasteiger partial charge in [-0.25, -0.2) is 8.42 Å². The van der Waals surface area contributed by atoms with Gasteiger partial charge in [-0.3, -0.25) is 4.99 Å². The van der Waals surface area contributed by atoms with Crippen molar-refractivity contribution in [2.24, 2.45) is 4.99 Å². The van der Waals surface area contributed by atoms with Gasteiger partial charge in [-0.15, -0.1) is 24.0 Å². The van der Waals surface area contributed by atoms with Gasteiger partial charge in [0, 0.05) is 33.0 Å². The lowest BCUT2D eigenvalue weighted by Crippen LogP contribution is -2.38. The van der Waals surface area contributed by atoms with Gasteiger partial charge in [-0.1, -0.05) is 43.3 Å². The number of sulfone groups is 1. The molecule has 0 aliphatic heterocycles. The van der Waals surface area contributed by atoms with E-state index in [2.05, 4.69) is 34.7 Å². The Morgan fingerprint density at radius 2 is 1.70 bits per heavy atom. The van der Waals surface area contributed by atoms with Crippen LogP contribution >= 0.6 is 24.0 Å². The van der Waals surface area contributed by atoms with Crippen molar-refractivity contribution >= 4 is 39.8 Å². The van der Waals surface area contributed by atoms with E-state index in [4.69, 9.17) is 4.74 Å². The number of aliphatic imine (C=N–C) groups is 1. The van der Waals surface area contributed by atoms with Crippen molar-refractivity contribution < 1.29 is 13.2 Å². The molecule has 6 nitrogen and oxygen atoms in total. The first-order valence-electron chi connectivity index (χ1n) is 9.82. The monoisotopic (exact) mass is 545 g/mol. The lowest BCUT2D eigenvalue weighted by Gasteiger charge is -2.14. The third kappa shape index (κ3) is 9.01. The number of ether oxygens (including phenoxy) is 1. The molecule has 0 saturated heterocycles. The Kier molecular flexibility index (Phi) is 12.0. The molecule has 30 heavy (non-hydrogen) atoms. The Balaban J connectivity index is 0.00000450. The highest BCUT2D eigenvalue weighted by Crippen LogP contribution is 2.11. The number of nitrogens with zero attached hydrogens (tertiary/aromatic N) is 1. The Labute approximate surface area is 197 Å². The second-order valence-corrected chi connectivity index (χ2v) is 8.86. The van der Waals surface area contributed by atoms with E-state index in [0.29, 0.717) is 24.6 Å². The molecule has 8 heteroatoms. The van der Waals surface area contributed by atoms with Crippen LogP contribution in [0.25, 0.3) is 0 Å². The molecule has 0 aromatic heterocycles. The highest BCUT2D eigenvalue weighted by Gasteiger charge is 2.07. The van der Waals surface area contributed by atoms with E-state index in [1.807, 2.05) is 24.3 Å². The van der Waals surface area contributed by atoms with Crippen LogP contribution < -0.4 is 10.6 Å². The molecule has 0 radical (unpaired) electrons. The molecule has 2 aromatic carbocycles. The highest BCUT2D eigenvalue weighted by atomic mass is 127. The van der Waals surface area contributed by atoms with Gasteiger partial charge in [0.1, 0.15) is 0 Å². The second-order valence-electron chi connectivity index (χ2n) is 6.84. The lowest BCUT2D eigenvalue weighted by atomic mass is 10.1. The van der Waals surface area contributed by atoms with Crippen LogP contribution in [0.2, 0.25) is 0 Å². The molecule has 0 atom stereocenters. The summed E-state index contributed by atoms with van der Waals surface area (Å²) < 4.78 is 28.7. The number of guanidine groups is 1. The molecule has 166 valence electrons. The molecule has 0 bridgehead atoms. The first-order chi connectivity index (χ1) is 13.9. The molecule has 0 amide bonds. The van der Waals surface area contributed by atoms with Crippen LogP contribution in [0.3, 0.4) is 0 Å². The fraction of sp³-hybridized carbons (Fsp3) is 0.409. The van der Waals surface area contributed by atoms with Crippen molar-refractivity contribution in [3.8, 4) is 0 Å². The number of rotatable bonds is 10. The summed E-state index contributed by atoms with van der Waals surface area (Å²) >= 11 is 0. The molecule has 0 fully saturated rings. The van der Waals surface area contributed by atoms with Crippen molar-refractivity contribution in [2.75, 3.05) is 26.5 Å². The average Bonchev–Trinajstić information content (AvgIpc) is 2.71. The van der Waals surface area contributed by atoms with Gasteiger partial charge in [0.25, 0.3) is 0 Å². The van der Waals surface area contributed by atoms with Crippen LogP contribution in [0.15, 0.2) is 58.4 Å². The van der Waals surface area contributed by atoms with Crippen LogP contribution in [0.4, 0.5) is 0 Å². The zero-order valence-corrected chi connectivity index (χ0v) is 21.0. The van der Waals surface area contributed by atoms with Gasteiger partial charge in [-0.2, -0.15) is 0 Å². The maximum Gasteiger partial charge on any atom is 0.191 e. The molecule has 0 unspecified atom stereocenters. The molecule has 2 aromatic rings. The molecular weight excluding hydrogens is 513 g/mol. The van der Waals surface area contributed by atoms with Crippen molar-refractivity contribution in [1.82, 2.24) is 10.6 Å². The van der Waals surface area contributed by atoms with E-state index >= 15 is 0 Å².